The van der Waals surface area contributed by atoms with Gasteiger partial charge in [-0.1, -0.05) is 35.4 Å². The molecule has 0 radical (unpaired) electrons. The zero-order chi connectivity index (χ0) is 14.2. The van der Waals surface area contributed by atoms with Gasteiger partial charge in [-0.05, 0) is 44.0 Å². The standard InChI is InChI=1S/C16H14ClFO/c1-9-7-10(2)14(11(3)8-9)16(19)12-5-4-6-13(17)15(12)18/h4-8H,1-3H3. The summed E-state index contributed by atoms with van der Waals surface area (Å²) in [5.74, 6) is -0.983. The van der Waals surface area contributed by atoms with Crippen molar-refractivity contribution >= 4 is 17.4 Å². The summed E-state index contributed by atoms with van der Waals surface area (Å²) in [5.41, 5.74) is 3.34. The van der Waals surface area contributed by atoms with E-state index in [9.17, 15) is 9.18 Å². The molecule has 0 saturated heterocycles. The van der Waals surface area contributed by atoms with E-state index in [1.807, 2.05) is 32.9 Å². The lowest BCUT2D eigenvalue weighted by molar-refractivity contribution is 0.103. The van der Waals surface area contributed by atoms with Crippen LogP contribution < -0.4 is 0 Å². The maximum absolute atomic E-state index is 13.9. The van der Waals surface area contributed by atoms with Crippen molar-refractivity contribution in [3.8, 4) is 0 Å². The van der Waals surface area contributed by atoms with E-state index in [1.165, 1.54) is 12.1 Å². The number of aryl methyl sites for hydroxylation is 3. The van der Waals surface area contributed by atoms with Gasteiger partial charge in [-0.25, -0.2) is 4.39 Å². The average molecular weight is 277 g/mol. The molecule has 0 atom stereocenters. The lowest BCUT2D eigenvalue weighted by Gasteiger charge is -2.11. The van der Waals surface area contributed by atoms with Gasteiger partial charge in [-0.3, -0.25) is 4.79 Å². The van der Waals surface area contributed by atoms with E-state index in [0.717, 1.165) is 16.7 Å². The van der Waals surface area contributed by atoms with E-state index in [4.69, 9.17) is 11.6 Å². The summed E-state index contributed by atoms with van der Waals surface area (Å²) in [6.45, 7) is 5.68. The third-order valence-electron chi connectivity index (χ3n) is 3.10. The zero-order valence-electron chi connectivity index (χ0n) is 11.1. The fourth-order valence-corrected chi connectivity index (χ4v) is 2.53. The molecule has 0 spiro atoms. The highest BCUT2D eigenvalue weighted by molar-refractivity contribution is 6.31. The van der Waals surface area contributed by atoms with Gasteiger partial charge in [0, 0.05) is 5.56 Å². The second kappa shape index (κ2) is 5.14. The highest BCUT2D eigenvalue weighted by atomic mass is 35.5. The Labute approximate surface area is 117 Å². The highest BCUT2D eigenvalue weighted by Crippen LogP contribution is 2.24. The minimum absolute atomic E-state index is 0.0163. The molecule has 0 heterocycles. The third kappa shape index (κ3) is 2.54. The lowest BCUT2D eigenvalue weighted by atomic mass is 9.93. The van der Waals surface area contributed by atoms with Gasteiger partial charge in [0.25, 0.3) is 0 Å². The number of carbonyl (C=O) groups is 1. The summed E-state index contributed by atoms with van der Waals surface area (Å²) in [7, 11) is 0. The first-order valence-corrected chi connectivity index (χ1v) is 6.36. The van der Waals surface area contributed by atoms with Crippen LogP contribution in [0.15, 0.2) is 30.3 Å². The van der Waals surface area contributed by atoms with Gasteiger partial charge in [-0.15, -0.1) is 0 Å². The molecular weight excluding hydrogens is 263 g/mol. The van der Waals surface area contributed by atoms with Crippen LogP contribution in [0.1, 0.15) is 32.6 Å². The number of ketones is 1. The van der Waals surface area contributed by atoms with E-state index in [-0.39, 0.29) is 16.4 Å². The van der Waals surface area contributed by atoms with Gasteiger partial charge < -0.3 is 0 Å². The van der Waals surface area contributed by atoms with Gasteiger partial charge in [-0.2, -0.15) is 0 Å². The molecule has 2 aromatic carbocycles. The number of halogens is 2. The number of rotatable bonds is 2. The molecule has 0 aliphatic carbocycles. The van der Waals surface area contributed by atoms with Gasteiger partial charge in [0.2, 0.25) is 0 Å². The van der Waals surface area contributed by atoms with Crippen LogP contribution in [0.4, 0.5) is 4.39 Å². The highest BCUT2D eigenvalue weighted by Gasteiger charge is 2.19. The third-order valence-corrected chi connectivity index (χ3v) is 3.39. The Balaban J connectivity index is 2.60. The van der Waals surface area contributed by atoms with Gasteiger partial charge in [0.05, 0.1) is 10.6 Å². The molecule has 2 rings (SSSR count). The van der Waals surface area contributed by atoms with Crippen molar-refractivity contribution in [3.63, 3.8) is 0 Å². The van der Waals surface area contributed by atoms with Crippen molar-refractivity contribution in [2.24, 2.45) is 0 Å². The van der Waals surface area contributed by atoms with Crippen LogP contribution in [-0.2, 0) is 0 Å². The fourth-order valence-electron chi connectivity index (χ4n) is 2.35. The molecule has 0 N–H and O–H groups in total. The molecule has 1 nitrogen and oxygen atoms in total. The molecule has 0 aliphatic heterocycles. The van der Waals surface area contributed by atoms with Crippen molar-refractivity contribution in [2.45, 2.75) is 20.8 Å². The van der Waals surface area contributed by atoms with Crippen molar-refractivity contribution in [3.05, 3.63) is 69.0 Å². The van der Waals surface area contributed by atoms with Crippen molar-refractivity contribution in [2.75, 3.05) is 0 Å². The van der Waals surface area contributed by atoms with Crippen LogP contribution in [0.3, 0.4) is 0 Å². The molecule has 0 aliphatic rings. The summed E-state index contributed by atoms with van der Waals surface area (Å²) >= 11 is 5.72. The molecule has 0 saturated carbocycles. The molecule has 0 unspecified atom stereocenters. The van der Waals surface area contributed by atoms with Crippen molar-refractivity contribution < 1.29 is 9.18 Å². The molecule has 3 heteroatoms. The van der Waals surface area contributed by atoms with Gasteiger partial charge in [0.15, 0.2) is 11.6 Å². The molecule has 0 fully saturated rings. The van der Waals surface area contributed by atoms with E-state index in [2.05, 4.69) is 0 Å². The molecule has 19 heavy (non-hydrogen) atoms. The Morgan fingerprint density at radius 2 is 1.68 bits per heavy atom. The summed E-state index contributed by atoms with van der Waals surface area (Å²) in [6, 6.07) is 8.31. The first-order valence-electron chi connectivity index (χ1n) is 5.98. The largest absolute Gasteiger partial charge is 0.288 e. The zero-order valence-corrected chi connectivity index (χ0v) is 11.8. The predicted molar refractivity (Wildman–Crippen MR) is 75.5 cm³/mol. The molecule has 0 amide bonds. The van der Waals surface area contributed by atoms with Crippen LogP contribution in [0, 0.1) is 26.6 Å². The van der Waals surface area contributed by atoms with Crippen LogP contribution in [0.5, 0.6) is 0 Å². The fraction of sp³-hybridized carbons (Fsp3) is 0.188. The Morgan fingerprint density at radius 1 is 1.11 bits per heavy atom. The Bertz CT molecular complexity index is 639. The lowest BCUT2D eigenvalue weighted by Crippen LogP contribution is -2.09. The van der Waals surface area contributed by atoms with Crippen molar-refractivity contribution in [1.29, 1.82) is 0 Å². The smallest absolute Gasteiger partial charge is 0.196 e. The maximum Gasteiger partial charge on any atom is 0.196 e. The molecule has 0 aromatic heterocycles. The van der Waals surface area contributed by atoms with Gasteiger partial charge in [0.1, 0.15) is 0 Å². The molecule has 0 bridgehead atoms. The predicted octanol–water partition coefficient (Wildman–Crippen LogP) is 4.64. The van der Waals surface area contributed by atoms with Crippen molar-refractivity contribution in [1.82, 2.24) is 0 Å². The Hall–Kier alpha value is -1.67. The number of hydrogen-bond donors (Lipinski definition) is 0. The number of benzene rings is 2. The average Bonchev–Trinajstić information content (AvgIpc) is 2.31. The summed E-state index contributed by atoms with van der Waals surface area (Å²) < 4.78 is 13.9. The second-order valence-corrected chi connectivity index (χ2v) is 5.11. The van der Waals surface area contributed by atoms with E-state index < -0.39 is 5.82 Å². The second-order valence-electron chi connectivity index (χ2n) is 4.70. The van der Waals surface area contributed by atoms with Gasteiger partial charge >= 0.3 is 0 Å². The van der Waals surface area contributed by atoms with Crippen LogP contribution in [0.2, 0.25) is 5.02 Å². The molecule has 98 valence electrons. The van der Waals surface area contributed by atoms with E-state index in [0.29, 0.717) is 5.56 Å². The monoisotopic (exact) mass is 276 g/mol. The summed E-state index contributed by atoms with van der Waals surface area (Å²) in [6.07, 6.45) is 0. The maximum atomic E-state index is 13.9. The number of hydrogen-bond acceptors (Lipinski definition) is 1. The van der Waals surface area contributed by atoms with E-state index in [1.54, 1.807) is 6.07 Å². The first kappa shape index (κ1) is 13.8. The molecular formula is C16H14ClFO. The Morgan fingerprint density at radius 3 is 2.26 bits per heavy atom. The summed E-state index contributed by atoms with van der Waals surface area (Å²) in [4.78, 5) is 12.5. The topological polar surface area (TPSA) is 17.1 Å². The summed E-state index contributed by atoms with van der Waals surface area (Å²) in [5, 5.41) is -0.0340. The molecule has 2 aromatic rings. The van der Waals surface area contributed by atoms with Crippen LogP contribution in [-0.4, -0.2) is 5.78 Å². The van der Waals surface area contributed by atoms with E-state index >= 15 is 0 Å². The SMILES string of the molecule is Cc1cc(C)c(C(=O)c2cccc(Cl)c2F)c(C)c1. The number of carbonyl (C=O) groups excluding carboxylic acids is 1. The minimum Gasteiger partial charge on any atom is -0.288 e. The Kier molecular flexibility index (Phi) is 3.72. The van der Waals surface area contributed by atoms with Crippen LogP contribution >= 0.6 is 11.6 Å². The minimum atomic E-state index is -0.659. The normalized spacial score (nSPS) is 10.6. The van der Waals surface area contributed by atoms with Crippen LogP contribution in [0.25, 0.3) is 0 Å². The first-order chi connectivity index (χ1) is 8.91. The quantitative estimate of drug-likeness (QED) is 0.731.